The van der Waals surface area contributed by atoms with E-state index in [1.807, 2.05) is 42.5 Å². The number of hydrogen-bond donors (Lipinski definition) is 1. The quantitative estimate of drug-likeness (QED) is 0.397. The van der Waals surface area contributed by atoms with E-state index in [9.17, 15) is 8.42 Å². The second-order valence-electron chi connectivity index (χ2n) is 7.06. The van der Waals surface area contributed by atoms with Crippen molar-refractivity contribution in [2.75, 3.05) is 6.54 Å². The fraction of sp³-hybridized carbons (Fsp3) is 0.0870. The molecule has 4 rings (SSSR count). The van der Waals surface area contributed by atoms with Gasteiger partial charge in [-0.1, -0.05) is 65.7 Å². The van der Waals surface area contributed by atoms with Crippen LogP contribution in [0.25, 0.3) is 0 Å². The Morgan fingerprint density at radius 2 is 1.56 bits per heavy atom. The summed E-state index contributed by atoms with van der Waals surface area (Å²) >= 11 is 11.9. The summed E-state index contributed by atoms with van der Waals surface area (Å²) in [5.41, 5.74) is 2.62. The van der Waals surface area contributed by atoms with Crippen LogP contribution in [0.5, 0.6) is 0 Å². The molecule has 0 aromatic heterocycles. The van der Waals surface area contributed by atoms with Crippen molar-refractivity contribution in [1.29, 1.82) is 5.41 Å². The molecule has 162 valence electrons. The smallest absolute Gasteiger partial charge is 0.284 e. The average Bonchev–Trinajstić information content (AvgIpc) is 3.24. The fourth-order valence-corrected chi connectivity index (χ4v) is 4.63. The highest BCUT2D eigenvalue weighted by molar-refractivity contribution is 7.90. The average molecular weight is 485 g/mol. The number of nitrogens with one attached hydrogen (secondary N) is 1. The minimum absolute atomic E-state index is 0.0121. The maximum atomic E-state index is 12.8. The van der Waals surface area contributed by atoms with Crippen molar-refractivity contribution in [3.05, 3.63) is 100 Å². The normalized spacial score (nSPS) is 16.7. The molecular formula is C23H18Cl2N4O2S. The lowest BCUT2D eigenvalue weighted by molar-refractivity contribution is 0.481. The molecule has 3 aromatic carbocycles. The van der Waals surface area contributed by atoms with Gasteiger partial charge in [0.25, 0.3) is 10.0 Å². The highest BCUT2D eigenvalue weighted by Gasteiger charge is 2.31. The van der Waals surface area contributed by atoms with Gasteiger partial charge in [-0.25, -0.2) is 5.01 Å². The lowest BCUT2D eigenvalue weighted by atomic mass is 9.91. The summed E-state index contributed by atoms with van der Waals surface area (Å²) in [6.45, 7) is 0.340. The molecule has 0 spiro atoms. The first kappa shape index (κ1) is 22.2. The number of nitrogens with zero attached hydrogens (tertiary/aromatic N) is 3. The summed E-state index contributed by atoms with van der Waals surface area (Å²) in [6.07, 6.45) is 0.893. The second kappa shape index (κ2) is 9.24. The molecule has 0 fully saturated rings. The Kier molecular flexibility index (Phi) is 6.41. The van der Waals surface area contributed by atoms with Gasteiger partial charge in [0, 0.05) is 16.0 Å². The summed E-state index contributed by atoms with van der Waals surface area (Å²) in [6, 6.07) is 22.8. The second-order valence-corrected chi connectivity index (χ2v) is 9.54. The summed E-state index contributed by atoms with van der Waals surface area (Å²) in [4.78, 5) is -0.0121. The molecule has 0 radical (unpaired) electrons. The Morgan fingerprint density at radius 3 is 2.16 bits per heavy atom. The summed E-state index contributed by atoms with van der Waals surface area (Å²) in [7, 11) is -4.05. The third-order valence-electron chi connectivity index (χ3n) is 4.97. The van der Waals surface area contributed by atoms with Crippen LogP contribution in [0.2, 0.25) is 10.0 Å². The van der Waals surface area contributed by atoms with Crippen molar-refractivity contribution in [3.63, 3.8) is 0 Å². The zero-order valence-corrected chi connectivity index (χ0v) is 19.0. The first-order valence-corrected chi connectivity index (χ1v) is 11.8. The van der Waals surface area contributed by atoms with Gasteiger partial charge in [-0.05, 0) is 47.5 Å². The van der Waals surface area contributed by atoms with E-state index in [1.54, 1.807) is 12.1 Å². The number of amidine groups is 1. The summed E-state index contributed by atoms with van der Waals surface area (Å²) < 4.78 is 29.5. The zero-order chi connectivity index (χ0) is 22.7. The maximum absolute atomic E-state index is 12.8. The van der Waals surface area contributed by atoms with Crippen molar-refractivity contribution < 1.29 is 8.42 Å². The standard InChI is InChI=1S/C23H18Cl2N4O2S/c24-18-8-6-17(7-9-18)23-21(16-4-2-1-3-5-16)15-29(27-23)22(14-26)28-32(30,31)20-12-10-19(25)11-13-20/h1-14,21,26H,15H2/b26-14?,28-22+. The van der Waals surface area contributed by atoms with Crippen LogP contribution in [0.4, 0.5) is 0 Å². The van der Waals surface area contributed by atoms with Gasteiger partial charge in [-0.3, -0.25) is 0 Å². The van der Waals surface area contributed by atoms with Crippen molar-refractivity contribution in [1.82, 2.24) is 5.01 Å². The van der Waals surface area contributed by atoms with Crippen LogP contribution < -0.4 is 0 Å². The molecule has 3 aromatic rings. The zero-order valence-electron chi connectivity index (χ0n) is 16.7. The van der Waals surface area contributed by atoms with E-state index < -0.39 is 10.0 Å². The molecule has 1 heterocycles. The Bertz CT molecular complexity index is 1290. The highest BCUT2D eigenvalue weighted by atomic mass is 35.5. The first-order valence-electron chi connectivity index (χ1n) is 9.65. The first-order chi connectivity index (χ1) is 15.4. The molecule has 0 saturated carbocycles. The molecule has 0 amide bonds. The minimum Gasteiger partial charge on any atom is -0.305 e. The van der Waals surface area contributed by atoms with E-state index in [0.717, 1.165) is 23.1 Å². The minimum atomic E-state index is -4.05. The van der Waals surface area contributed by atoms with Crippen LogP contribution in [-0.2, 0) is 10.0 Å². The molecule has 0 aliphatic carbocycles. The van der Waals surface area contributed by atoms with Gasteiger partial charge in [0.1, 0.15) is 0 Å². The van der Waals surface area contributed by atoms with E-state index >= 15 is 0 Å². The fourth-order valence-electron chi connectivity index (χ4n) is 3.40. The van der Waals surface area contributed by atoms with Gasteiger partial charge in [0.15, 0.2) is 5.84 Å². The van der Waals surface area contributed by atoms with Gasteiger partial charge in [0.05, 0.1) is 23.4 Å². The Labute approximate surface area is 196 Å². The number of halogens is 2. The van der Waals surface area contributed by atoms with E-state index in [1.165, 1.54) is 29.3 Å². The van der Waals surface area contributed by atoms with Gasteiger partial charge >= 0.3 is 0 Å². The van der Waals surface area contributed by atoms with Crippen molar-refractivity contribution in [2.24, 2.45) is 9.50 Å². The van der Waals surface area contributed by atoms with E-state index in [-0.39, 0.29) is 16.6 Å². The van der Waals surface area contributed by atoms with Crippen LogP contribution in [0.1, 0.15) is 17.0 Å². The Morgan fingerprint density at radius 1 is 0.969 bits per heavy atom. The van der Waals surface area contributed by atoms with Crippen molar-refractivity contribution >= 4 is 51.0 Å². The Hall–Kier alpha value is -3.00. The molecule has 1 N–H and O–H groups in total. The van der Waals surface area contributed by atoms with Gasteiger partial charge in [-0.2, -0.15) is 13.5 Å². The molecule has 1 aliphatic rings. The third kappa shape index (κ3) is 4.75. The van der Waals surface area contributed by atoms with E-state index in [2.05, 4.69) is 9.50 Å². The number of benzene rings is 3. The van der Waals surface area contributed by atoms with Crippen LogP contribution in [0, 0.1) is 5.41 Å². The number of hydrazone groups is 1. The van der Waals surface area contributed by atoms with Crippen LogP contribution in [0.15, 0.2) is 93.3 Å². The molecule has 1 aliphatic heterocycles. The van der Waals surface area contributed by atoms with Crippen LogP contribution >= 0.6 is 23.2 Å². The topological polar surface area (TPSA) is 85.9 Å². The lowest BCUT2D eigenvalue weighted by Gasteiger charge is -2.16. The van der Waals surface area contributed by atoms with Crippen LogP contribution in [-0.4, -0.2) is 37.7 Å². The highest BCUT2D eigenvalue weighted by Crippen LogP contribution is 2.30. The predicted molar refractivity (Wildman–Crippen MR) is 129 cm³/mol. The van der Waals surface area contributed by atoms with Gasteiger partial charge in [-0.15, -0.1) is 4.40 Å². The molecule has 1 atom stereocenters. The lowest BCUT2D eigenvalue weighted by Crippen LogP contribution is -2.27. The molecular weight excluding hydrogens is 467 g/mol. The number of hydrogen-bond acceptors (Lipinski definition) is 4. The molecule has 6 nitrogen and oxygen atoms in total. The summed E-state index contributed by atoms with van der Waals surface area (Å²) in [5, 5.41) is 14.9. The van der Waals surface area contributed by atoms with E-state index in [4.69, 9.17) is 28.6 Å². The SMILES string of the molecule is N=C/C(=N\S(=O)(=O)c1ccc(Cl)cc1)N1CC(c2ccccc2)C(c2ccc(Cl)cc2)=N1. The number of rotatable bonds is 5. The Balaban J connectivity index is 1.74. The van der Waals surface area contributed by atoms with Gasteiger partial charge in [0.2, 0.25) is 0 Å². The molecule has 1 unspecified atom stereocenters. The van der Waals surface area contributed by atoms with E-state index in [0.29, 0.717) is 16.6 Å². The van der Waals surface area contributed by atoms with Crippen LogP contribution in [0.3, 0.4) is 0 Å². The largest absolute Gasteiger partial charge is 0.305 e. The number of sulfonamides is 1. The third-order valence-corrected chi connectivity index (χ3v) is 6.77. The van der Waals surface area contributed by atoms with Gasteiger partial charge < -0.3 is 5.41 Å². The predicted octanol–water partition coefficient (Wildman–Crippen LogP) is 5.23. The molecule has 9 heteroatoms. The summed E-state index contributed by atoms with van der Waals surface area (Å²) in [5.74, 6) is -0.217. The monoisotopic (exact) mass is 484 g/mol. The molecule has 32 heavy (non-hydrogen) atoms. The maximum Gasteiger partial charge on any atom is 0.284 e. The van der Waals surface area contributed by atoms with Crippen molar-refractivity contribution in [3.8, 4) is 0 Å². The van der Waals surface area contributed by atoms with Crippen molar-refractivity contribution in [2.45, 2.75) is 10.8 Å². The molecule has 0 saturated heterocycles. The molecule has 0 bridgehead atoms.